The molecule has 0 aliphatic heterocycles. The summed E-state index contributed by atoms with van der Waals surface area (Å²) in [6, 6.07) is 0. The number of rotatable bonds is 4. The van der Waals surface area contributed by atoms with Crippen LogP contribution in [0.4, 0.5) is 0 Å². The van der Waals surface area contributed by atoms with Gasteiger partial charge < -0.3 is 20.0 Å². The summed E-state index contributed by atoms with van der Waals surface area (Å²) in [7, 11) is -4.89. The minimum absolute atomic E-state index is 0. The van der Waals surface area contributed by atoms with E-state index in [0.29, 0.717) is 19.3 Å². The minimum atomic E-state index is -4.89. The van der Waals surface area contributed by atoms with Gasteiger partial charge >= 0.3 is 66.9 Å². The predicted octanol–water partition coefficient (Wildman–Crippen LogP) is -3.71. The fourth-order valence-electron chi connectivity index (χ4n) is 7.39. The summed E-state index contributed by atoms with van der Waals surface area (Å²) in [5.74, 6) is -1.90. The number of aliphatic hydroxyl groups excluding tert-OH is 1. The summed E-state index contributed by atoms with van der Waals surface area (Å²) in [6.45, 7) is 4.49. The number of allylic oxidation sites excluding steroid dienone is 4. The minimum Gasteiger partial charge on any atom is -0.391 e. The molecule has 8 atom stereocenters. The third-order valence-electron chi connectivity index (χ3n) is 9.01. The molecule has 0 saturated heterocycles. The molecular formula is C22H30ClNa2O8P+2. The first-order valence-corrected chi connectivity index (χ1v) is 12.8. The second-order valence-corrected chi connectivity index (χ2v) is 12.2. The van der Waals surface area contributed by atoms with E-state index < -0.39 is 53.5 Å². The first kappa shape index (κ1) is 31.4. The predicted molar refractivity (Wildman–Crippen MR) is 116 cm³/mol. The first-order valence-electron chi connectivity index (χ1n) is 10.9. The topological polar surface area (TPSA) is 141 Å². The molecule has 0 aromatic carbocycles. The van der Waals surface area contributed by atoms with E-state index in [0.717, 1.165) is 5.57 Å². The van der Waals surface area contributed by atoms with Crippen molar-refractivity contribution in [3.8, 4) is 0 Å². The molecule has 0 radical (unpaired) electrons. The van der Waals surface area contributed by atoms with E-state index in [1.165, 1.54) is 6.08 Å². The Morgan fingerprint density at radius 2 is 1.88 bits per heavy atom. The van der Waals surface area contributed by atoms with E-state index in [1.54, 1.807) is 26.0 Å². The fraction of sp³-hybridized carbons (Fsp3) is 0.727. The molecule has 0 amide bonds. The largest absolute Gasteiger partial charge is 1.00 e. The Morgan fingerprint density at radius 3 is 2.47 bits per heavy atom. The molecular weight excluding hydrogens is 505 g/mol. The number of carbonyl (C=O) groups excluding carboxylic acids is 2. The van der Waals surface area contributed by atoms with Gasteiger partial charge in [0.25, 0.3) is 0 Å². The summed E-state index contributed by atoms with van der Waals surface area (Å²) < 4.78 is 15.5. The Bertz CT molecular complexity index is 984. The van der Waals surface area contributed by atoms with Crippen LogP contribution in [-0.2, 0) is 18.7 Å². The zero-order chi connectivity index (χ0) is 23.9. The summed E-state index contributed by atoms with van der Waals surface area (Å²) in [5, 5.41) is 23.1. The van der Waals surface area contributed by atoms with Crippen molar-refractivity contribution in [2.45, 2.75) is 63.0 Å². The van der Waals surface area contributed by atoms with E-state index in [4.69, 9.17) is 21.4 Å². The average molecular weight is 535 g/mol. The van der Waals surface area contributed by atoms with E-state index in [9.17, 15) is 24.4 Å². The molecule has 34 heavy (non-hydrogen) atoms. The molecule has 8 nitrogen and oxygen atoms in total. The second-order valence-electron chi connectivity index (χ2n) is 10.4. The molecule has 0 aromatic heterocycles. The van der Waals surface area contributed by atoms with E-state index in [-0.39, 0.29) is 83.2 Å². The van der Waals surface area contributed by atoms with Gasteiger partial charge in [-0.2, -0.15) is 0 Å². The van der Waals surface area contributed by atoms with E-state index >= 15 is 0 Å². The van der Waals surface area contributed by atoms with Crippen molar-refractivity contribution >= 4 is 31.0 Å². The summed E-state index contributed by atoms with van der Waals surface area (Å²) in [4.78, 5) is 41.9. The Morgan fingerprint density at radius 1 is 1.26 bits per heavy atom. The standard InChI is InChI=1S/C22H30ClO8P.2Na/c1-12-8-16-15-5-4-13-9-14(24)6-7-19(13,2)21(15,23)17(25)10-20(16,3)22(12,27)18(26)11-31-32(28,29)30;;/h6-7,9,12,15-17,25,27H,4-5,8,10-11H2,1-3H3,(H2,28,29,30);;/q;2*+1/t12?,15-,16-,17?,19-,20-,21-,22-;;/m0../s1. The normalized spacial score (nSPS) is 45.2. The summed E-state index contributed by atoms with van der Waals surface area (Å²) >= 11 is 7.31. The Balaban J connectivity index is 0.00000204. The molecule has 178 valence electrons. The van der Waals surface area contributed by atoms with Crippen LogP contribution in [0, 0.1) is 28.6 Å². The van der Waals surface area contributed by atoms with Crippen LogP contribution in [0.3, 0.4) is 0 Å². The quantitative estimate of drug-likeness (QED) is 0.164. The number of carbonyl (C=O) groups is 2. The molecule has 4 aliphatic rings. The van der Waals surface area contributed by atoms with Gasteiger partial charge in [0.2, 0.25) is 0 Å². The number of fused-ring (bicyclic) bond motifs is 5. The van der Waals surface area contributed by atoms with Crippen LogP contribution < -0.4 is 59.1 Å². The molecule has 0 aromatic rings. The maximum atomic E-state index is 13.1. The molecule has 3 saturated carbocycles. The molecule has 0 heterocycles. The van der Waals surface area contributed by atoms with Gasteiger partial charge in [-0.25, -0.2) is 4.57 Å². The maximum Gasteiger partial charge on any atom is 1.00 e. The molecule has 0 bridgehead atoms. The maximum absolute atomic E-state index is 13.1. The zero-order valence-corrected chi connectivity index (χ0v) is 26.0. The van der Waals surface area contributed by atoms with Gasteiger partial charge in [0.1, 0.15) is 12.2 Å². The third kappa shape index (κ3) is 4.31. The third-order valence-corrected chi connectivity index (χ3v) is 10.4. The first-order chi connectivity index (χ1) is 14.6. The molecule has 4 aliphatic carbocycles. The van der Waals surface area contributed by atoms with Crippen molar-refractivity contribution in [3.05, 3.63) is 23.8 Å². The Labute approximate surface area is 248 Å². The van der Waals surface area contributed by atoms with Crippen molar-refractivity contribution in [1.82, 2.24) is 0 Å². The van der Waals surface area contributed by atoms with Gasteiger partial charge in [-0.05, 0) is 55.6 Å². The van der Waals surface area contributed by atoms with Gasteiger partial charge in [0.05, 0.1) is 11.0 Å². The van der Waals surface area contributed by atoms with Crippen LogP contribution in [0.25, 0.3) is 0 Å². The number of alkyl halides is 1. The SMILES string of the molecule is CC1C[C@H]2[C@@H]3CCC4=CC(=O)C=C[C@]4(C)[C@@]3(Cl)C(O)C[C@]2(C)[C@@]1(O)C(=O)COP(=O)(O)O.[Na+].[Na+]. The number of hydrogen-bond donors (Lipinski definition) is 4. The number of hydrogen-bond acceptors (Lipinski definition) is 6. The molecule has 4 rings (SSSR count). The summed E-state index contributed by atoms with van der Waals surface area (Å²) in [5.41, 5.74) is -2.85. The van der Waals surface area contributed by atoms with Gasteiger partial charge in [-0.15, -0.1) is 11.6 Å². The smallest absolute Gasteiger partial charge is 0.391 e. The average Bonchev–Trinajstić information content (AvgIpc) is 2.89. The van der Waals surface area contributed by atoms with Crippen LogP contribution in [0.2, 0.25) is 0 Å². The van der Waals surface area contributed by atoms with Gasteiger partial charge in [0.15, 0.2) is 11.6 Å². The molecule has 3 fully saturated rings. The monoisotopic (exact) mass is 534 g/mol. The van der Waals surface area contributed by atoms with E-state index in [2.05, 4.69) is 4.52 Å². The van der Waals surface area contributed by atoms with Crippen LogP contribution in [0.5, 0.6) is 0 Å². The summed E-state index contributed by atoms with van der Waals surface area (Å²) in [6.07, 6.45) is 5.48. The molecule has 0 spiro atoms. The number of Topliss-reactive ketones (excluding diaryl/α,β-unsaturated/α-hetero) is 1. The Hall–Kier alpha value is 1.14. The number of halogens is 1. The molecule has 2 unspecified atom stereocenters. The van der Waals surface area contributed by atoms with Crippen LogP contribution in [0.1, 0.15) is 46.5 Å². The Kier molecular flexibility index (Phi) is 9.25. The van der Waals surface area contributed by atoms with Crippen LogP contribution in [0.15, 0.2) is 23.8 Å². The molecule has 4 N–H and O–H groups in total. The van der Waals surface area contributed by atoms with Crippen molar-refractivity contribution < 1.29 is 97.8 Å². The number of aliphatic hydroxyl groups is 2. The number of ketones is 2. The van der Waals surface area contributed by atoms with Crippen LogP contribution in [-0.4, -0.2) is 54.8 Å². The van der Waals surface area contributed by atoms with E-state index in [1.807, 2.05) is 6.92 Å². The van der Waals surface area contributed by atoms with Gasteiger partial charge in [-0.3, -0.25) is 14.1 Å². The number of phosphoric acid groups is 1. The second kappa shape index (κ2) is 10.0. The van der Waals surface area contributed by atoms with Crippen molar-refractivity contribution in [2.24, 2.45) is 28.6 Å². The zero-order valence-electron chi connectivity index (χ0n) is 20.3. The molecule has 12 heteroatoms. The fourth-order valence-corrected chi connectivity index (χ4v) is 8.20. The van der Waals surface area contributed by atoms with Crippen LogP contribution >= 0.6 is 19.4 Å². The van der Waals surface area contributed by atoms with Gasteiger partial charge in [0, 0.05) is 10.8 Å². The number of phosphoric ester groups is 1. The van der Waals surface area contributed by atoms with Crippen molar-refractivity contribution in [1.29, 1.82) is 0 Å². The van der Waals surface area contributed by atoms with Gasteiger partial charge in [-0.1, -0.05) is 32.4 Å². The van der Waals surface area contributed by atoms with Crippen molar-refractivity contribution in [3.63, 3.8) is 0 Å². The van der Waals surface area contributed by atoms with Crippen molar-refractivity contribution in [2.75, 3.05) is 6.61 Å².